The molecule has 0 saturated carbocycles. The summed E-state index contributed by atoms with van der Waals surface area (Å²) in [4.78, 5) is 15.6. The molecule has 22 heavy (non-hydrogen) atoms. The lowest BCUT2D eigenvalue weighted by Crippen LogP contribution is -1.97. The first-order valence-corrected chi connectivity index (χ1v) is 7.82. The van der Waals surface area contributed by atoms with Crippen LogP contribution >= 0.6 is 22.9 Å². The van der Waals surface area contributed by atoms with Gasteiger partial charge in [-0.05, 0) is 36.8 Å². The zero-order valence-electron chi connectivity index (χ0n) is 12.0. The molecule has 0 atom stereocenters. The number of benzene rings is 1. The normalized spacial score (nSPS) is 10.7. The summed E-state index contributed by atoms with van der Waals surface area (Å²) in [5.41, 5.74) is 3.12. The number of carbonyl (C=O) groups excluding carboxylic acids is 1. The summed E-state index contributed by atoms with van der Waals surface area (Å²) in [7, 11) is 1.62. The average molecular weight is 333 g/mol. The molecule has 0 amide bonds. The van der Waals surface area contributed by atoms with Crippen LogP contribution < -0.4 is 4.74 Å². The summed E-state index contributed by atoms with van der Waals surface area (Å²) >= 11 is 7.67. The van der Waals surface area contributed by atoms with Crippen LogP contribution in [-0.4, -0.2) is 22.9 Å². The molecule has 0 fully saturated rings. The average Bonchev–Trinajstić information content (AvgIpc) is 3.17. The van der Waals surface area contributed by atoms with Crippen molar-refractivity contribution in [2.75, 3.05) is 7.11 Å². The number of methoxy groups -OCH3 is 1. The van der Waals surface area contributed by atoms with E-state index in [0.29, 0.717) is 10.7 Å². The molecular weight excluding hydrogens is 320 g/mol. The van der Waals surface area contributed by atoms with Crippen molar-refractivity contribution in [3.8, 4) is 22.1 Å². The smallest absolute Gasteiger partial charge is 0.194 e. The maximum atomic E-state index is 11.0. The summed E-state index contributed by atoms with van der Waals surface area (Å²) in [5.74, 6) is 0.724. The van der Waals surface area contributed by atoms with Crippen LogP contribution in [-0.2, 0) is 0 Å². The molecule has 0 aliphatic carbocycles. The molecule has 0 spiro atoms. The number of rotatable bonds is 4. The number of aldehydes is 1. The van der Waals surface area contributed by atoms with Crippen LogP contribution in [0.15, 0.2) is 35.8 Å². The fraction of sp³-hybridized carbons (Fsp3) is 0.125. The van der Waals surface area contributed by atoms with Gasteiger partial charge in [-0.3, -0.25) is 9.36 Å². The molecule has 0 aliphatic rings. The van der Waals surface area contributed by atoms with Crippen LogP contribution in [0.1, 0.15) is 16.1 Å². The Morgan fingerprint density at radius 1 is 1.41 bits per heavy atom. The Kier molecular flexibility index (Phi) is 4.00. The van der Waals surface area contributed by atoms with E-state index in [2.05, 4.69) is 4.98 Å². The van der Waals surface area contributed by atoms with Crippen molar-refractivity contribution in [2.24, 2.45) is 0 Å². The van der Waals surface area contributed by atoms with Crippen molar-refractivity contribution in [1.82, 2.24) is 9.55 Å². The molecule has 0 saturated heterocycles. The maximum Gasteiger partial charge on any atom is 0.194 e. The van der Waals surface area contributed by atoms with Crippen LogP contribution in [0, 0.1) is 6.92 Å². The highest BCUT2D eigenvalue weighted by atomic mass is 35.5. The number of hydrogen-bond acceptors (Lipinski definition) is 4. The fourth-order valence-electron chi connectivity index (χ4n) is 2.19. The second kappa shape index (κ2) is 5.94. The molecule has 0 N–H and O–H groups in total. The lowest BCUT2D eigenvalue weighted by atomic mass is 10.1. The second-order valence-electron chi connectivity index (χ2n) is 4.74. The van der Waals surface area contributed by atoms with E-state index in [0.717, 1.165) is 34.0 Å². The number of ether oxygens (including phenoxy) is 1. The van der Waals surface area contributed by atoms with E-state index in [4.69, 9.17) is 16.3 Å². The van der Waals surface area contributed by atoms with E-state index in [1.54, 1.807) is 17.7 Å². The molecule has 4 nitrogen and oxygen atoms in total. The molecule has 3 rings (SSSR count). The largest absolute Gasteiger partial charge is 0.496 e. The van der Waals surface area contributed by atoms with Gasteiger partial charge in [0.25, 0.3) is 0 Å². The van der Waals surface area contributed by atoms with E-state index < -0.39 is 0 Å². The fourth-order valence-corrected chi connectivity index (χ4v) is 3.18. The SMILES string of the molecule is COc1cc(C)c(Cl)cc1-c1csc(-n2cccc2C=O)n1. The van der Waals surface area contributed by atoms with E-state index in [1.807, 2.05) is 36.7 Å². The van der Waals surface area contributed by atoms with Gasteiger partial charge in [0.15, 0.2) is 11.4 Å². The van der Waals surface area contributed by atoms with E-state index >= 15 is 0 Å². The molecule has 0 radical (unpaired) electrons. The summed E-state index contributed by atoms with van der Waals surface area (Å²) in [6.45, 7) is 1.93. The molecule has 0 unspecified atom stereocenters. The Balaban J connectivity index is 2.08. The first kappa shape index (κ1) is 14.8. The number of aryl methyl sites for hydroxylation is 1. The lowest BCUT2D eigenvalue weighted by molar-refractivity contribution is 0.111. The standard InChI is InChI=1S/C16H13ClN2O2S/c1-10-6-15(21-2)12(7-13(10)17)14-9-22-16(18-14)19-5-3-4-11(19)8-20/h3-9H,1-2H3. The summed E-state index contributed by atoms with van der Waals surface area (Å²) in [5, 5.41) is 3.31. The number of carbonyl (C=O) groups is 1. The van der Waals surface area contributed by atoms with Gasteiger partial charge in [-0.2, -0.15) is 0 Å². The van der Waals surface area contributed by atoms with Gasteiger partial charge in [-0.25, -0.2) is 4.98 Å². The molecule has 2 heterocycles. The predicted molar refractivity (Wildman–Crippen MR) is 88.6 cm³/mol. The topological polar surface area (TPSA) is 44.1 Å². The first-order chi connectivity index (χ1) is 10.6. The van der Waals surface area contributed by atoms with Crippen LogP contribution in [0.4, 0.5) is 0 Å². The summed E-state index contributed by atoms with van der Waals surface area (Å²) in [6, 6.07) is 7.31. The molecule has 0 bridgehead atoms. The third-order valence-corrected chi connectivity index (χ3v) is 4.60. The molecular formula is C16H13ClN2O2S. The molecule has 3 aromatic rings. The minimum absolute atomic E-state index is 0.565. The van der Waals surface area contributed by atoms with Gasteiger partial charge in [-0.15, -0.1) is 11.3 Å². The van der Waals surface area contributed by atoms with Crippen LogP contribution in [0.3, 0.4) is 0 Å². The van der Waals surface area contributed by atoms with Gasteiger partial charge < -0.3 is 4.74 Å². The van der Waals surface area contributed by atoms with Crippen molar-refractivity contribution in [1.29, 1.82) is 0 Å². The van der Waals surface area contributed by atoms with Crippen LogP contribution in [0.2, 0.25) is 5.02 Å². The number of aromatic nitrogens is 2. The number of hydrogen-bond donors (Lipinski definition) is 0. The zero-order valence-corrected chi connectivity index (χ0v) is 13.6. The Bertz CT molecular complexity index is 839. The van der Waals surface area contributed by atoms with Crippen molar-refractivity contribution in [3.05, 3.63) is 52.1 Å². The predicted octanol–water partition coefficient (Wildman–Crippen LogP) is 4.38. The summed E-state index contributed by atoms with van der Waals surface area (Å²) < 4.78 is 7.18. The van der Waals surface area contributed by atoms with Crippen molar-refractivity contribution in [3.63, 3.8) is 0 Å². The van der Waals surface area contributed by atoms with Crippen LogP contribution in [0.25, 0.3) is 16.4 Å². The molecule has 1 aromatic carbocycles. The number of halogens is 1. The van der Waals surface area contributed by atoms with Gasteiger partial charge >= 0.3 is 0 Å². The zero-order chi connectivity index (χ0) is 15.7. The first-order valence-electron chi connectivity index (χ1n) is 6.57. The highest BCUT2D eigenvalue weighted by Gasteiger charge is 2.14. The van der Waals surface area contributed by atoms with E-state index in [1.165, 1.54) is 11.3 Å². The third-order valence-electron chi connectivity index (χ3n) is 3.36. The van der Waals surface area contributed by atoms with Crippen molar-refractivity contribution >= 4 is 29.2 Å². The van der Waals surface area contributed by atoms with Gasteiger partial charge in [0.05, 0.1) is 18.5 Å². The lowest BCUT2D eigenvalue weighted by Gasteiger charge is -2.09. The molecule has 112 valence electrons. The van der Waals surface area contributed by atoms with Gasteiger partial charge in [0, 0.05) is 22.2 Å². The third kappa shape index (κ3) is 2.53. The number of thiazole rings is 1. The highest BCUT2D eigenvalue weighted by molar-refractivity contribution is 7.12. The Labute approximate surface area is 136 Å². The summed E-state index contributed by atoms with van der Waals surface area (Å²) in [6.07, 6.45) is 2.62. The van der Waals surface area contributed by atoms with Gasteiger partial charge in [0.2, 0.25) is 0 Å². The Morgan fingerprint density at radius 3 is 2.95 bits per heavy atom. The van der Waals surface area contributed by atoms with Crippen LogP contribution in [0.5, 0.6) is 5.75 Å². The quantitative estimate of drug-likeness (QED) is 0.666. The van der Waals surface area contributed by atoms with Gasteiger partial charge in [-0.1, -0.05) is 11.6 Å². The minimum Gasteiger partial charge on any atom is -0.496 e. The molecule has 6 heteroatoms. The maximum absolute atomic E-state index is 11.0. The minimum atomic E-state index is 0.565. The monoisotopic (exact) mass is 332 g/mol. The molecule has 2 aromatic heterocycles. The Hall–Kier alpha value is -2.11. The molecule has 0 aliphatic heterocycles. The van der Waals surface area contributed by atoms with Crippen molar-refractivity contribution < 1.29 is 9.53 Å². The van der Waals surface area contributed by atoms with Gasteiger partial charge in [0.1, 0.15) is 5.75 Å². The van der Waals surface area contributed by atoms with E-state index in [9.17, 15) is 4.79 Å². The van der Waals surface area contributed by atoms with Crippen molar-refractivity contribution in [2.45, 2.75) is 6.92 Å². The van der Waals surface area contributed by atoms with E-state index in [-0.39, 0.29) is 0 Å². The second-order valence-corrected chi connectivity index (χ2v) is 5.98. The highest BCUT2D eigenvalue weighted by Crippen LogP contribution is 2.35. The number of nitrogens with zero attached hydrogens (tertiary/aromatic N) is 2. The Morgan fingerprint density at radius 2 is 2.23 bits per heavy atom.